The first-order valence-electron chi connectivity index (χ1n) is 11.1. The second-order valence-corrected chi connectivity index (χ2v) is 8.70. The van der Waals surface area contributed by atoms with E-state index >= 15 is 0 Å². The van der Waals surface area contributed by atoms with Crippen LogP contribution >= 0.6 is 0 Å². The fourth-order valence-electron chi connectivity index (χ4n) is 3.79. The van der Waals surface area contributed by atoms with Crippen LogP contribution in [-0.2, 0) is 11.8 Å². The summed E-state index contributed by atoms with van der Waals surface area (Å²) in [6.45, 7) is 2.17. The van der Waals surface area contributed by atoms with Crippen LogP contribution in [0.25, 0.3) is 0 Å². The molecule has 0 bridgehead atoms. The zero-order valence-corrected chi connectivity index (χ0v) is 20.4. The van der Waals surface area contributed by atoms with Crippen LogP contribution < -0.4 is 10.6 Å². The van der Waals surface area contributed by atoms with Crippen molar-refractivity contribution in [2.45, 2.75) is 38.0 Å². The molecular formula is C26H18F10N2O2. The van der Waals surface area contributed by atoms with E-state index in [4.69, 9.17) is 0 Å². The Hall–Kier alpha value is -4.10. The summed E-state index contributed by atoms with van der Waals surface area (Å²) in [7, 11) is 0. The van der Waals surface area contributed by atoms with Crippen molar-refractivity contribution in [2.24, 2.45) is 0 Å². The van der Waals surface area contributed by atoms with E-state index in [1.807, 2.05) is 0 Å². The van der Waals surface area contributed by atoms with E-state index in [2.05, 4.69) is 10.6 Å². The van der Waals surface area contributed by atoms with Crippen LogP contribution in [0.2, 0.25) is 0 Å². The zero-order chi connectivity index (χ0) is 30.3. The SMILES string of the molecule is Cc1cc(C(F)(C(F)(F)F)C(F)(F)F)cc(C)c1NC(=O)c1cccc(NC(=O)c2ccc(C(F)(F)F)cc2)c1. The highest BCUT2D eigenvalue weighted by Gasteiger charge is 2.73. The predicted molar refractivity (Wildman–Crippen MR) is 125 cm³/mol. The van der Waals surface area contributed by atoms with Gasteiger partial charge >= 0.3 is 24.2 Å². The van der Waals surface area contributed by atoms with Crippen LogP contribution in [0.1, 0.15) is 43.0 Å². The van der Waals surface area contributed by atoms with Crippen molar-refractivity contribution < 1.29 is 53.5 Å². The van der Waals surface area contributed by atoms with Crippen LogP contribution in [0.5, 0.6) is 0 Å². The van der Waals surface area contributed by atoms with E-state index < -0.39 is 47.1 Å². The van der Waals surface area contributed by atoms with Gasteiger partial charge in [-0.05, 0) is 67.4 Å². The number of hydrogen-bond acceptors (Lipinski definition) is 2. The lowest BCUT2D eigenvalue weighted by Gasteiger charge is -2.31. The first kappa shape index (κ1) is 30.4. The van der Waals surface area contributed by atoms with Gasteiger partial charge in [-0.15, -0.1) is 0 Å². The van der Waals surface area contributed by atoms with Crippen LogP contribution in [-0.4, -0.2) is 24.2 Å². The van der Waals surface area contributed by atoms with E-state index in [9.17, 15) is 53.5 Å². The minimum atomic E-state index is -6.31. The molecule has 2 amide bonds. The third kappa shape index (κ3) is 6.05. The molecule has 0 saturated heterocycles. The smallest absolute Gasteiger partial charge is 0.322 e. The van der Waals surface area contributed by atoms with Gasteiger partial charge < -0.3 is 10.6 Å². The van der Waals surface area contributed by atoms with Crippen LogP contribution in [0.4, 0.5) is 55.3 Å². The minimum absolute atomic E-state index is 0.0545. The van der Waals surface area contributed by atoms with Gasteiger partial charge in [0.2, 0.25) is 0 Å². The Morgan fingerprint density at radius 1 is 0.600 bits per heavy atom. The molecule has 0 radical (unpaired) electrons. The number of alkyl halides is 10. The van der Waals surface area contributed by atoms with Crippen molar-refractivity contribution in [1.29, 1.82) is 0 Å². The Morgan fingerprint density at radius 3 is 1.57 bits per heavy atom. The number of rotatable bonds is 5. The number of carbonyl (C=O) groups excluding carboxylic acids is 2. The molecule has 0 atom stereocenters. The van der Waals surface area contributed by atoms with Crippen molar-refractivity contribution in [1.82, 2.24) is 0 Å². The number of benzene rings is 3. The Kier molecular flexibility index (Phi) is 7.97. The van der Waals surface area contributed by atoms with Gasteiger partial charge in [0.1, 0.15) is 0 Å². The molecule has 0 fully saturated rings. The number of amides is 2. The molecule has 40 heavy (non-hydrogen) atoms. The lowest BCUT2D eigenvalue weighted by atomic mass is 9.90. The molecule has 214 valence electrons. The standard InChI is InChI=1S/C26H18F10N2O2/c1-13-10-18(23(27,25(31,32)33)26(34,35)36)11-14(2)20(13)38-22(40)16-4-3-5-19(12-16)37-21(39)15-6-8-17(9-7-15)24(28,29)30/h3-12H,1-2H3,(H,37,39)(H,38,40). The molecule has 0 heterocycles. The predicted octanol–water partition coefficient (Wildman–Crippen LogP) is 8.12. The topological polar surface area (TPSA) is 58.2 Å². The summed E-state index contributed by atoms with van der Waals surface area (Å²) in [5.41, 5.74) is -9.20. The summed E-state index contributed by atoms with van der Waals surface area (Å²) in [6, 6.07) is 9.16. The number of halogens is 10. The second-order valence-electron chi connectivity index (χ2n) is 8.70. The van der Waals surface area contributed by atoms with Crippen LogP contribution in [0.15, 0.2) is 60.7 Å². The Bertz CT molecular complexity index is 1390. The maximum absolute atomic E-state index is 14.5. The maximum atomic E-state index is 14.5. The molecular weight excluding hydrogens is 562 g/mol. The Balaban J connectivity index is 1.83. The zero-order valence-electron chi connectivity index (χ0n) is 20.4. The first-order valence-corrected chi connectivity index (χ1v) is 11.1. The van der Waals surface area contributed by atoms with Gasteiger partial charge in [-0.2, -0.15) is 39.5 Å². The van der Waals surface area contributed by atoms with E-state index in [1.54, 1.807) is 0 Å². The molecule has 0 saturated carbocycles. The molecule has 0 spiro atoms. The molecule has 0 aliphatic rings. The Morgan fingerprint density at radius 2 is 1.10 bits per heavy atom. The van der Waals surface area contributed by atoms with E-state index in [0.717, 1.165) is 26.0 Å². The van der Waals surface area contributed by atoms with Gasteiger partial charge in [0.15, 0.2) is 0 Å². The largest absolute Gasteiger partial charge is 0.435 e. The van der Waals surface area contributed by atoms with Crippen LogP contribution in [0.3, 0.4) is 0 Å². The molecule has 2 N–H and O–H groups in total. The van der Waals surface area contributed by atoms with Crippen molar-refractivity contribution in [3.8, 4) is 0 Å². The highest BCUT2D eigenvalue weighted by molar-refractivity contribution is 6.07. The van der Waals surface area contributed by atoms with Crippen molar-refractivity contribution >= 4 is 23.2 Å². The van der Waals surface area contributed by atoms with Gasteiger partial charge in [-0.1, -0.05) is 18.2 Å². The Labute approximate surface area is 220 Å². The quantitative estimate of drug-likeness (QED) is 0.300. The third-order valence-electron chi connectivity index (χ3n) is 5.81. The highest BCUT2D eigenvalue weighted by atomic mass is 19.4. The van der Waals surface area contributed by atoms with Gasteiger partial charge in [-0.3, -0.25) is 9.59 Å². The molecule has 3 aromatic carbocycles. The summed E-state index contributed by atoms with van der Waals surface area (Å²) in [5.74, 6) is -1.67. The number of nitrogens with one attached hydrogen (secondary N) is 2. The summed E-state index contributed by atoms with van der Waals surface area (Å²) in [6.07, 6.45) is -17.2. The van der Waals surface area contributed by atoms with E-state index in [0.29, 0.717) is 24.3 Å². The fourth-order valence-corrected chi connectivity index (χ4v) is 3.79. The summed E-state index contributed by atoms with van der Waals surface area (Å²) >= 11 is 0. The maximum Gasteiger partial charge on any atom is 0.435 e. The van der Waals surface area contributed by atoms with Gasteiger partial charge in [0, 0.05) is 28.1 Å². The minimum Gasteiger partial charge on any atom is -0.322 e. The monoisotopic (exact) mass is 580 g/mol. The molecule has 4 nitrogen and oxygen atoms in total. The fraction of sp³-hybridized carbons (Fsp3) is 0.231. The average Bonchev–Trinajstić information content (AvgIpc) is 2.83. The van der Waals surface area contributed by atoms with Crippen molar-refractivity contribution in [3.05, 3.63) is 94.0 Å². The lowest BCUT2D eigenvalue weighted by molar-refractivity contribution is -0.348. The molecule has 3 aromatic rings. The molecule has 3 rings (SSSR count). The molecule has 0 unspecified atom stereocenters. The number of aryl methyl sites for hydroxylation is 2. The highest BCUT2D eigenvalue weighted by Crippen LogP contribution is 2.53. The van der Waals surface area contributed by atoms with Gasteiger partial charge in [0.05, 0.1) is 5.56 Å². The van der Waals surface area contributed by atoms with Crippen molar-refractivity contribution in [3.63, 3.8) is 0 Å². The lowest BCUT2D eigenvalue weighted by Crippen LogP contribution is -2.50. The molecule has 14 heteroatoms. The first-order chi connectivity index (χ1) is 18.3. The molecule has 0 aliphatic heterocycles. The van der Waals surface area contributed by atoms with E-state index in [-0.39, 0.29) is 33.6 Å². The average molecular weight is 580 g/mol. The number of anilines is 2. The molecule has 0 aromatic heterocycles. The van der Waals surface area contributed by atoms with Crippen LogP contribution in [0, 0.1) is 13.8 Å². The normalized spacial score (nSPS) is 12.7. The number of carbonyl (C=O) groups is 2. The van der Waals surface area contributed by atoms with E-state index in [1.165, 1.54) is 24.3 Å². The number of hydrogen-bond donors (Lipinski definition) is 2. The summed E-state index contributed by atoms with van der Waals surface area (Å²) in [5, 5.41) is 4.74. The van der Waals surface area contributed by atoms with Crippen molar-refractivity contribution in [2.75, 3.05) is 10.6 Å². The summed E-state index contributed by atoms with van der Waals surface area (Å²) < 4.78 is 131. The van der Waals surface area contributed by atoms with Gasteiger partial charge in [0.25, 0.3) is 11.8 Å². The second kappa shape index (κ2) is 10.5. The summed E-state index contributed by atoms with van der Waals surface area (Å²) in [4.78, 5) is 25.2. The van der Waals surface area contributed by atoms with Gasteiger partial charge in [-0.25, -0.2) is 4.39 Å². The molecule has 0 aliphatic carbocycles. The third-order valence-corrected chi connectivity index (χ3v) is 5.81.